The second kappa shape index (κ2) is 7.98. The molecule has 1 atom stereocenters. The second-order valence-corrected chi connectivity index (χ2v) is 2.28. The van der Waals surface area contributed by atoms with Crippen LogP contribution >= 0.6 is 0 Å². The fourth-order valence-corrected chi connectivity index (χ4v) is 0.659. The molecule has 0 rings (SSSR count). The van der Waals surface area contributed by atoms with Crippen LogP contribution in [0.4, 0.5) is 0 Å². The summed E-state index contributed by atoms with van der Waals surface area (Å²) in [5, 5.41) is 8.70. The highest BCUT2D eigenvalue weighted by Gasteiger charge is 1.93. The van der Waals surface area contributed by atoms with Gasteiger partial charge in [0.2, 0.25) is 0 Å². The molecule has 0 amide bonds. The molecule has 3 nitrogen and oxygen atoms in total. The van der Waals surface area contributed by atoms with E-state index >= 15 is 0 Å². The van der Waals surface area contributed by atoms with Crippen LogP contribution in [0.5, 0.6) is 0 Å². The molecule has 0 aromatic carbocycles. The maximum Gasteiger partial charge on any atom is 0.151 e. The highest BCUT2D eigenvalue weighted by molar-refractivity contribution is 4.40. The fourth-order valence-electron chi connectivity index (χ4n) is 0.659. The molecule has 0 aliphatic heterocycles. The summed E-state index contributed by atoms with van der Waals surface area (Å²) < 4.78 is 9.91. The van der Waals surface area contributed by atoms with E-state index in [1.54, 1.807) is 13.5 Å². The van der Waals surface area contributed by atoms with Gasteiger partial charge < -0.3 is 14.6 Å². The monoisotopic (exact) mass is 161 g/mol. The number of hydrogen-bond donors (Lipinski definition) is 1. The Morgan fingerprint density at radius 1 is 1.36 bits per heavy atom. The fraction of sp³-hybridized carbons (Fsp3) is 0.875. The van der Waals surface area contributed by atoms with Crippen molar-refractivity contribution in [2.45, 2.75) is 33.0 Å². The van der Waals surface area contributed by atoms with E-state index in [1.165, 1.54) is 0 Å². The molecular formula is C8H17O3. The maximum absolute atomic E-state index is 8.70. The van der Waals surface area contributed by atoms with Gasteiger partial charge in [-0.1, -0.05) is 0 Å². The topological polar surface area (TPSA) is 38.7 Å². The summed E-state index contributed by atoms with van der Waals surface area (Å²) in [7, 11) is 0. The summed E-state index contributed by atoms with van der Waals surface area (Å²) >= 11 is 0. The van der Waals surface area contributed by atoms with Gasteiger partial charge in [0.05, 0.1) is 6.61 Å². The first-order chi connectivity index (χ1) is 5.27. The molecule has 1 radical (unpaired) electrons. The Morgan fingerprint density at radius 3 is 2.55 bits per heavy atom. The molecule has 0 saturated carbocycles. The Balaban J connectivity index is 2.80. The maximum atomic E-state index is 8.70. The van der Waals surface area contributed by atoms with E-state index in [2.05, 4.69) is 0 Å². The lowest BCUT2D eigenvalue weighted by Crippen LogP contribution is -2.07. The smallest absolute Gasteiger partial charge is 0.151 e. The van der Waals surface area contributed by atoms with E-state index in [0.29, 0.717) is 6.61 Å². The summed E-state index contributed by atoms with van der Waals surface area (Å²) in [4.78, 5) is 0. The largest absolute Gasteiger partial charge is 0.376 e. The minimum atomic E-state index is -0.645. The van der Waals surface area contributed by atoms with Gasteiger partial charge >= 0.3 is 0 Å². The molecule has 11 heavy (non-hydrogen) atoms. The van der Waals surface area contributed by atoms with Gasteiger partial charge in [-0.25, -0.2) is 0 Å². The third-order valence-electron chi connectivity index (χ3n) is 1.18. The summed E-state index contributed by atoms with van der Waals surface area (Å²) in [6, 6.07) is 0. The first-order valence-corrected chi connectivity index (χ1v) is 3.96. The van der Waals surface area contributed by atoms with Crippen molar-refractivity contribution in [2.24, 2.45) is 0 Å². The van der Waals surface area contributed by atoms with Crippen LogP contribution in [0.3, 0.4) is 0 Å². The Morgan fingerprint density at radius 2 is 2.00 bits per heavy atom. The lowest BCUT2D eigenvalue weighted by molar-refractivity contribution is -0.0864. The molecule has 0 spiro atoms. The Hall–Kier alpha value is -0.120. The van der Waals surface area contributed by atoms with E-state index in [0.717, 1.165) is 19.4 Å². The van der Waals surface area contributed by atoms with Crippen LogP contribution in [0, 0.1) is 6.61 Å². The van der Waals surface area contributed by atoms with Crippen molar-refractivity contribution in [3.8, 4) is 0 Å². The average molecular weight is 161 g/mol. The minimum absolute atomic E-state index is 0.602. The standard InChI is InChI=1S/C8H17O3/c1-3-10-6-4-5-7-11-8(2)9/h3,8-9H,4-7H2,1-2H3. The predicted octanol–water partition coefficient (Wildman–Crippen LogP) is 1.32. The number of unbranched alkanes of at least 4 members (excludes halogenated alkanes) is 1. The molecule has 0 heterocycles. The van der Waals surface area contributed by atoms with Gasteiger partial charge in [0.1, 0.15) is 0 Å². The van der Waals surface area contributed by atoms with Gasteiger partial charge in [0.25, 0.3) is 0 Å². The lowest BCUT2D eigenvalue weighted by Gasteiger charge is -2.05. The van der Waals surface area contributed by atoms with Gasteiger partial charge in [0, 0.05) is 13.2 Å². The summed E-state index contributed by atoms with van der Waals surface area (Å²) in [5.41, 5.74) is 0. The molecule has 3 heteroatoms. The third kappa shape index (κ3) is 9.88. The average Bonchev–Trinajstić information content (AvgIpc) is 1.96. The van der Waals surface area contributed by atoms with Gasteiger partial charge in [0.15, 0.2) is 6.29 Å². The van der Waals surface area contributed by atoms with Gasteiger partial charge in [-0.15, -0.1) is 0 Å². The number of hydrogen-bond acceptors (Lipinski definition) is 3. The number of ether oxygens (including phenoxy) is 2. The Bertz CT molecular complexity index is 73.7. The predicted molar refractivity (Wildman–Crippen MR) is 42.8 cm³/mol. The third-order valence-corrected chi connectivity index (χ3v) is 1.18. The van der Waals surface area contributed by atoms with E-state index < -0.39 is 6.29 Å². The molecule has 0 saturated heterocycles. The highest BCUT2D eigenvalue weighted by Crippen LogP contribution is 1.94. The van der Waals surface area contributed by atoms with Crippen molar-refractivity contribution in [3.05, 3.63) is 6.61 Å². The van der Waals surface area contributed by atoms with Crippen molar-refractivity contribution >= 4 is 0 Å². The molecule has 0 aliphatic carbocycles. The van der Waals surface area contributed by atoms with Crippen molar-refractivity contribution in [1.82, 2.24) is 0 Å². The van der Waals surface area contributed by atoms with Crippen LogP contribution in [0.15, 0.2) is 0 Å². The first kappa shape index (κ1) is 10.9. The van der Waals surface area contributed by atoms with Crippen molar-refractivity contribution in [1.29, 1.82) is 0 Å². The molecule has 1 N–H and O–H groups in total. The number of rotatable bonds is 7. The van der Waals surface area contributed by atoms with Crippen LogP contribution in [0.2, 0.25) is 0 Å². The Kier molecular flexibility index (Phi) is 7.89. The molecule has 0 aromatic rings. The molecule has 67 valence electrons. The summed E-state index contributed by atoms with van der Waals surface area (Å²) in [5.74, 6) is 0. The van der Waals surface area contributed by atoms with Crippen LogP contribution in [-0.4, -0.2) is 24.6 Å². The number of aliphatic hydroxyl groups excluding tert-OH is 1. The van der Waals surface area contributed by atoms with Crippen LogP contribution in [-0.2, 0) is 9.47 Å². The van der Waals surface area contributed by atoms with Gasteiger partial charge in [-0.05, 0) is 26.7 Å². The SMILES string of the molecule is C[CH]OCCCCOC(C)O. The molecule has 0 bridgehead atoms. The molecule has 0 fully saturated rings. The molecule has 1 unspecified atom stereocenters. The zero-order chi connectivity index (χ0) is 8.53. The van der Waals surface area contributed by atoms with E-state index in [-0.39, 0.29) is 0 Å². The highest BCUT2D eigenvalue weighted by atomic mass is 16.6. The van der Waals surface area contributed by atoms with Crippen molar-refractivity contribution < 1.29 is 14.6 Å². The Labute approximate surface area is 68.3 Å². The molecule has 0 aromatic heterocycles. The lowest BCUT2D eigenvalue weighted by atomic mass is 10.3. The van der Waals surface area contributed by atoms with E-state index in [1.807, 2.05) is 6.92 Å². The zero-order valence-electron chi connectivity index (χ0n) is 7.25. The quantitative estimate of drug-likeness (QED) is 0.452. The molecule has 0 aliphatic rings. The summed E-state index contributed by atoms with van der Waals surface area (Å²) in [6.45, 7) is 6.47. The summed E-state index contributed by atoms with van der Waals surface area (Å²) in [6.07, 6.45) is 1.25. The van der Waals surface area contributed by atoms with Crippen molar-refractivity contribution in [3.63, 3.8) is 0 Å². The van der Waals surface area contributed by atoms with Gasteiger partial charge in [-0.3, -0.25) is 0 Å². The van der Waals surface area contributed by atoms with Crippen LogP contribution in [0.25, 0.3) is 0 Å². The van der Waals surface area contributed by atoms with E-state index in [9.17, 15) is 0 Å². The first-order valence-electron chi connectivity index (χ1n) is 3.96. The van der Waals surface area contributed by atoms with Crippen LogP contribution < -0.4 is 0 Å². The van der Waals surface area contributed by atoms with Crippen molar-refractivity contribution in [2.75, 3.05) is 13.2 Å². The van der Waals surface area contributed by atoms with E-state index in [4.69, 9.17) is 14.6 Å². The van der Waals surface area contributed by atoms with Crippen LogP contribution in [0.1, 0.15) is 26.7 Å². The minimum Gasteiger partial charge on any atom is -0.376 e. The zero-order valence-corrected chi connectivity index (χ0v) is 7.25. The normalized spacial score (nSPS) is 13.4. The number of aliphatic hydroxyl groups is 1. The second-order valence-electron chi connectivity index (χ2n) is 2.28. The molecular weight excluding hydrogens is 144 g/mol. The van der Waals surface area contributed by atoms with Gasteiger partial charge in [-0.2, -0.15) is 0 Å².